The summed E-state index contributed by atoms with van der Waals surface area (Å²) in [5, 5.41) is 0. The van der Waals surface area contributed by atoms with Crippen molar-refractivity contribution >= 4 is 12.6 Å². The molecular formula is C20H26OS. The van der Waals surface area contributed by atoms with Gasteiger partial charge in [0, 0.05) is 4.90 Å². The van der Waals surface area contributed by atoms with E-state index in [9.17, 15) is 0 Å². The summed E-state index contributed by atoms with van der Waals surface area (Å²) in [6.45, 7) is 3.06. The Kier molecular flexibility index (Phi) is 7.38. The molecular weight excluding hydrogens is 288 g/mol. The van der Waals surface area contributed by atoms with Crippen LogP contribution >= 0.6 is 12.6 Å². The SMILES string of the molecule is CCCCCCOc1ccc(CCc2ccc(S)cc2)cc1. The van der Waals surface area contributed by atoms with Crippen LogP contribution in [0.4, 0.5) is 0 Å². The molecule has 0 aliphatic heterocycles. The highest BCUT2D eigenvalue weighted by Crippen LogP contribution is 2.15. The summed E-state index contributed by atoms with van der Waals surface area (Å²) in [4.78, 5) is 1.02. The van der Waals surface area contributed by atoms with Crippen molar-refractivity contribution in [1.82, 2.24) is 0 Å². The average molecular weight is 314 g/mol. The molecule has 0 N–H and O–H groups in total. The van der Waals surface area contributed by atoms with Crippen molar-refractivity contribution in [1.29, 1.82) is 0 Å². The Morgan fingerprint density at radius 3 is 1.95 bits per heavy atom. The van der Waals surface area contributed by atoms with Gasteiger partial charge in [-0.15, -0.1) is 12.6 Å². The Morgan fingerprint density at radius 1 is 0.773 bits per heavy atom. The van der Waals surface area contributed by atoms with Crippen LogP contribution in [0.3, 0.4) is 0 Å². The zero-order valence-electron chi connectivity index (χ0n) is 13.4. The molecule has 0 saturated heterocycles. The largest absolute Gasteiger partial charge is 0.494 e. The highest BCUT2D eigenvalue weighted by Gasteiger charge is 1.98. The molecule has 0 atom stereocenters. The van der Waals surface area contributed by atoms with Crippen LogP contribution in [0.2, 0.25) is 0 Å². The first-order chi connectivity index (χ1) is 10.8. The summed E-state index contributed by atoms with van der Waals surface area (Å²) in [6, 6.07) is 16.9. The van der Waals surface area contributed by atoms with Crippen LogP contribution in [0.1, 0.15) is 43.7 Å². The summed E-state index contributed by atoms with van der Waals surface area (Å²) in [6.07, 6.45) is 7.10. The highest BCUT2D eigenvalue weighted by molar-refractivity contribution is 7.80. The molecule has 0 radical (unpaired) electrons. The van der Waals surface area contributed by atoms with Crippen LogP contribution in [0.15, 0.2) is 53.4 Å². The fraction of sp³-hybridized carbons (Fsp3) is 0.400. The van der Waals surface area contributed by atoms with Gasteiger partial charge >= 0.3 is 0 Å². The molecule has 22 heavy (non-hydrogen) atoms. The summed E-state index contributed by atoms with van der Waals surface area (Å²) < 4.78 is 5.78. The number of hydrogen-bond donors (Lipinski definition) is 1. The molecule has 2 heteroatoms. The van der Waals surface area contributed by atoms with Crippen molar-refractivity contribution in [2.45, 2.75) is 50.3 Å². The van der Waals surface area contributed by atoms with Gasteiger partial charge in [0.25, 0.3) is 0 Å². The zero-order valence-corrected chi connectivity index (χ0v) is 14.3. The lowest BCUT2D eigenvalue weighted by Crippen LogP contribution is -1.97. The minimum Gasteiger partial charge on any atom is -0.494 e. The highest BCUT2D eigenvalue weighted by atomic mass is 32.1. The van der Waals surface area contributed by atoms with Crippen LogP contribution in [-0.2, 0) is 12.8 Å². The van der Waals surface area contributed by atoms with E-state index in [1.807, 2.05) is 12.1 Å². The van der Waals surface area contributed by atoms with Gasteiger partial charge in [-0.25, -0.2) is 0 Å². The minimum atomic E-state index is 0.829. The van der Waals surface area contributed by atoms with Gasteiger partial charge in [0.1, 0.15) is 5.75 Å². The predicted octanol–water partition coefficient (Wildman–Crippen LogP) is 5.72. The Bertz CT molecular complexity index is 531. The zero-order chi connectivity index (χ0) is 15.6. The van der Waals surface area contributed by atoms with Gasteiger partial charge in [0.2, 0.25) is 0 Å². The van der Waals surface area contributed by atoms with E-state index in [4.69, 9.17) is 4.74 Å². The lowest BCUT2D eigenvalue weighted by Gasteiger charge is -2.07. The second-order valence-corrected chi connectivity index (χ2v) is 6.24. The topological polar surface area (TPSA) is 9.23 Å². The summed E-state index contributed by atoms with van der Waals surface area (Å²) in [5.41, 5.74) is 2.71. The van der Waals surface area contributed by atoms with E-state index in [1.54, 1.807) is 0 Å². The van der Waals surface area contributed by atoms with Crippen molar-refractivity contribution < 1.29 is 4.74 Å². The summed E-state index contributed by atoms with van der Waals surface area (Å²) >= 11 is 4.31. The third-order valence-corrected chi connectivity index (χ3v) is 4.13. The number of aryl methyl sites for hydroxylation is 2. The third kappa shape index (κ3) is 6.15. The normalized spacial score (nSPS) is 10.6. The molecule has 0 aliphatic rings. The van der Waals surface area contributed by atoms with Crippen LogP contribution in [0.25, 0.3) is 0 Å². The molecule has 0 saturated carbocycles. The first kappa shape index (κ1) is 17.0. The van der Waals surface area contributed by atoms with Crippen molar-refractivity contribution in [3.63, 3.8) is 0 Å². The number of benzene rings is 2. The lowest BCUT2D eigenvalue weighted by molar-refractivity contribution is 0.305. The number of hydrogen-bond acceptors (Lipinski definition) is 2. The standard InChI is InChI=1S/C20H26OS/c1-2-3-4-5-16-21-19-12-8-17(9-13-19)6-7-18-10-14-20(22)15-11-18/h8-15,22H,2-7,16H2,1H3. The third-order valence-electron chi connectivity index (χ3n) is 3.83. The smallest absolute Gasteiger partial charge is 0.119 e. The maximum atomic E-state index is 5.78. The van der Waals surface area contributed by atoms with Crippen LogP contribution in [-0.4, -0.2) is 6.61 Å². The van der Waals surface area contributed by atoms with Crippen LogP contribution < -0.4 is 4.74 Å². The number of ether oxygens (including phenoxy) is 1. The van der Waals surface area contributed by atoms with Crippen molar-refractivity contribution in [3.8, 4) is 5.75 Å². The molecule has 0 unspecified atom stereocenters. The van der Waals surface area contributed by atoms with E-state index in [2.05, 4.69) is 56.0 Å². The minimum absolute atomic E-state index is 0.829. The quantitative estimate of drug-likeness (QED) is 0.460. The van der Waals surface area contributed by atoms with Gasteiger partial charge in [-0.05, 0) is 54.7 Å². The first-order valence-electron chi connectivity index (χ1n) is 8.27. The molecule has 2 rings (SSSR count). The average Bonchev–Trinajstić information content (AvgIpc) is 2.55. The van der Waals surface area contributed by atoms with Crippen molar-refractivity contribution in [2.24, 2.45) is 0 Å². The van der Waals surface area contributed by atoms with Crippen LogP contribution in [0, 0.1) is 0 Å². The van der Waals surface area contributed by atoms with Gasteiger partial charge in [-0.1, -0.05) is 50.5 Å². The van der Waals surface area contributed by atoms with Crippen molar-refractivity contribution in [3.05, 3.63) is 59.7 Å². The van der Waals surface area contributed by atoms with Gasteiger partial charge in [-0.3, -0.25) is 0 Å². The van der Waals surface area contributed by atoms with Crippen LogP contribution in [0.5, 0.6) is 5.75 Å². The molecule has 0 heterocycles. The van der Waals surface area contributed by atoms with Gasteiger partial charge in [0.15, 0.2) is 0 Å². The molecule has 0 spiro atoms. The fourth-order valence-electron chi connectivity index (χ4n) is 2.42. The molecule has 2 aromatic carbocycles. The molecule has 0 aliphatic carbocycles. The molecule has 1 nitrogen and oxygen atoms in total. The maximum absolute atomic E-state index is 5.78. The van der Waals surface area contributed by atoms with E-state index in [-0.39, 0.29) is 0 Å². The Labute approximate surface area is 140 Å². The van der Waals surface area contributed by atoms with E-state index < -0.39 is 0 Å². The number of unbranched alkanes of at least 4 members (excludes halogenated alkanes) is 3. The number of thiol groups is 1. The van der Waals surface area contributed by atoms with Gasteiger partial charge < -0.3 is 4.74 Å². The van der Waals surface area contributed by atoms with Gasteiger partial charge in [-0.2, -0.15) is 0 Å². The fourth-order valence-corrected chi connectivity index (χ4v) is 2.57. The molecule has 2 aromatic rings. The maximum Gasteiger partial charge on any atom is 0.119 e. The Hall–Kier alpha value is -1.41. The van der Waals surface area contributed by atoms with E-state index in [0.717, 1.165) is 36.5 Å². The Morgan fingerprint density at radius 2 is 1.36 bits per heavy atom. The molecule has 0 bridgehead atoms. The second-order valence-electron chi connectivity index (χ2n) is 5.72. The molecule has 118 valence electrons. The monoisotopic (exact) mass is 314 g/mol. The number of rotatable bonds is 9. The first-order valence-corrected chi connectivity index (χ1v) is 8.72. The molecule has 0 amide bonds. The predicted molar refractivity (Wildman–Crippen MR) is 97.2 cm³/mol. The lowest BCUT2D eigenvalue weighted by atomic mass is 10.0. The van der Waals surface area contributed by atoms with Gasteiger partial charge in [0.05, 0.1) is 6.61 Å². The Balaban J connectivity index is 1.73. The van der Waals surface area contributed by atoms with Crippen molar-refractivity contribution in [2.75, 3.05) is 6.61 Å². The summed E-state index contributed by atoms with van der Waals surface area (Å²) in [7, 11) is 0. The molecule has 0 aromatic heterocycles. The summed E-state index contributed by atoms with van der Waals surface area (Å²) in [5.74, 6) is 0.986. The second kappa shape index (κ2) is 9.58. The molecule has 0 fully saturated rings. The van der Waals surface area contributed by atoms with E-state index in [0.29, 0.717) is 0 Å². The van der Waals surface area contributed by atoms with E-state index in [1.165, 1.54) is 30.4 Å². The van der Waals surface area contributed by atoms with E-state index >= 15 is 0 Å².